The van der Waals surface area contributed by atoms with Crippen LogP contribution in [0, 0.1) is 0 Å². The molecular weight excluding hydrogens is 310 g/mol. The summed E-state index contributed by atoms with van der Waals surface area (Å²) in [5.74, 6) is 1.69. The predicted octanol–water partition coefficient (Wildman–Crippen LogP) is 4.50. The summed E-state index contributed by atoms with van der Waals surface area (Å²) in [4.78, 5) is 0. The second kappa shape index (κ2) is 3.94. The van der Waals surface area contributed by atoms with Crippen molar-refractivity contribution in [2.75, 3.05) is 0 Å². The van der Waals surface area contributed by atoms with Crippen molar-refractivity contribution in [3.63, 3.8) is 0 Å². The molecule has 0 nitrogen and oxygen atoms in total. The van der Waals surface area contributed by atoms with Crippen molar-refractivity contribution in [2.24, 2.45) is 0 Å². The fraction of sp³-hybridized carbons (Fsp3) is 0.800. The molecule has 1 aromatic heterocycles. The van der Waals surface area contributed by atoms with Crippen LogP contribution in [0.5, 0.6) is 0 Å². The quantitative estimate of drug-likeness (QED) is 0.615. The SMILES string of the molecule is CC(C)(C)c1p[te]c(C(C)(C)C)p1. The van der Waals surface area contributed by atoms with E-state index in [4.69, 9.17) is 0 Å². The van der Waals surface area contributed by atoms with E-state index in [1.165, 1.54) is 0 Å². The first-order valence-corrected chi connectivity index (χ1v) is 10.6. The first kappa shape index (κ1) is 12.2. The van der Waals surface area contributed by atoms with Gasteiger partial charge in [0.2, 0.25) is 0 Å². The van der Waals surface area contributed by atoms with E-state index < -0.39 is 0 Å². The maximum absolute atomic E-state index is 2.36. The van der Waals surface area contributed by atoms with E-state index in [1.807, 2.05) is 3.31 Å². The molecule has 0 spiro atoms. The van der Waals surface area contributed by atoms with Crippen molar-refractivity contribution >= 4 is 33.9 Å². The van der Waals surface area contributed by atoms with Crippen LogP contribution >= 0.6 is 14.0 Å². The van der Waals surface area contributed by atoms with Crippen LogP contribution < -0.4 is 0 Å². The van der Waals surface area contributed by atoms with E-state index in [0.29, 0.717) is 10.8 Å². The Morgan fingerprint density at radius 3 is 1.69 bits per heavy atom. The molecule has 0 saturated heterocycles. The van der Waals surface area contributed by atoms with Gasteiger partial charge in [0, 0.05) is 0 Å². The minimum atomic E-state index is 0.144. The van der Waals surface area contributed by atoms with E-state index in [2.05, 4.69) is 41.5 Å². The van der Waals surface area contributed by atoms with E-state index >= 15 is 0 Å². The first-order chi connectivity index (χ1) is 5.71. The normalized spacial score (nSPS) is 14.6. The fourth-order valence-corrected chi connectivity index (χ4v) is 14.4. The Kier molecular flexibility index (Phi) is 3.70. The van der Waals surface area contributed by atoms with E-state index in [9.17, 15) is 0 Å². The Balaban J connectivity index is 3.01. The summed E-state index contributed by atoms with van der Waals surface area (Å²) in [5, 5.41) is 1.75. The fourth-order valence-electron chi connectivity index (χ4n) is 0.833. The predicted molar refractivity (Wildman–Crippen MR) is 65.8 cm³/mol. The van der Waals surface area contributed by atoms with Gasteiger partial charge >= 0.3 is 94.6 Å². The maximum atomic E-state index is 2.36. The molecule has 0 unspecified atom stereocenters. The number of rotatable bonds is 0. The second-order valence-electron chi connectivity index (χ2n) is 5.42. The average molecular weight is 328 g/mol. The number of hydrogen-bond donors (Lipinski definition) is 0. The Morgan fingerprint density at radius 1 is 0.923 bits per heavy atom. The Hall–Kier alpha value is 1.13. The average Bonchev–Trinajstić information content (AvgIpc) is 2.28. The van der Waals surface area contributed by atoms with Gasteiger partial charge in [-0.15, -0.1) is 0 Å². The molecule has 0 aromatic carbocycles. The third-order valence-electron chi connectivity index (χ3n) is 1.74. The molecule has 0 saturated carbocycles. The molecule has 1 rings (SSSR count). The first-order valence-electron chi connectivity index (χ1n) is 4.56. The molecule has 0 atom stereocenters. The summed E-state index contributed by atoms with van der Waals surface area (Å²) in [5.41, 5.74) is 0.894. The van der Waals surface area contributed by atoms with Gasteiger partial charge < -0.3 is 0 Å². The van der Waals surface area contributed by atoms with Gasteiger partial charge in [0.15, 0.2) is 0 Å². The van der Waals surface area contributed by atoms with Gasteiger partial charge in [-0.05, 0) is 0 Å². The summed E-state index contributed by atoms with van der Waals surface area (Å²) in [6, 6.07) is 0. The molecule has 0 N–H and O–H groups in total. The molecule has 1 aromatic rings. The van der Waals surface area contributed by atoms with Gasteiger partial charge in [0.1, 0.15) is 0 Å². The monoisotopic (exact) mass is 330 g/mol. The summed E-state index contributed by atoms with van der Waals surface area (Å²) in [6.45, 7) is 14.1. The van der Waals surface area contributed by atoms with Crippen LogP contribution in [0.25, 0.3) is 0 Å². The number of hydrogen-bond acceptors (Lipinski definition) is 0. The second-order valence-corrected chi connectivity index (χ2v) is 12.9. The zero-order chi connectivity index (χ0) is 10.3. The zero-order valence-electron chi connectivity index (χ0n) is 9.30. The van der Waals surface area contributed by atoms with Crippen LogP contribution in [0.3, 0.4) is 0 Å². The van der Waals surface area contributed by atoms with Gasteiger partial charge in [0.25, 0.3) is 0 Å². The van der Waals surface area contributed by atoms with Crippen LogP contribution in [-0.2, 0) is 10.8 Å². The molecule has 0 aliphatic rings. The molecule has 3 heteroatoms. The molecule has 0 amide bonds. The Bertz CT molecular complexity index is 260. The standard InChI is InChI=1S/C10H18P2Te/c1-9(2,3)7-11-8(13-12-7)10(4,5)6/h1-6H3. The molecule has 0 aliphatic heterocycles. The topological polar surface area (TPSA) is 0 Å². The summed E-state index contributed by atoms with van der Waals surface area (Å²) in [7, 11) is 1.59. The molecular formula is C10H18P2Te. The summed E-state index contributed by atoms with van der Waals surface area (Å²) >= 11 is 0.144. The van der Waals surface area contributed by atoms with Crippen LogP contribution in [0.2, 0.25) is 0 Å². The van der Waals surface area contributed by atoms with E-state index in [0.717, 1.165) is 0 Å². The van der Waals surface area contributed by atoms with Gasteiger partial charge in [-0.2, -0.15) is 0 Å². The van der Waals surface area contributed by atoms with Gasteiger partial charge in [-0.1, -0.05) is 0 Å². The van der Waals surface area contributed by atoms with E-state index in [1.54, 1.807) is 19.1 Å². The van der Waals surface area contributed by atoms with Crippen molar-refractivity contribution in [3.05, 3.63) is 8.34 Å². The van der Waals surface area contributed by atoms with Gasteiger partial charge in [-0.3, -0.25) is 0 Å². The third kappa shape index (κ3) is 3.32. The van der Waals surface area contributed by atoms with Gasteiger partial charge in [-0.25, -0.2) is 0 Å². The van der Waals surface area contributed by atoms with Crippen LogP contribution in [0.1, 0.15) is 49.9 Å². The van der Waals surface area contributed by atoms with Crippen LogP contribution in [-0.4, -0.2) is 19.9 Å². The summed E-state index contributed by atoms with van der Waals surface area (Å²) < 4.78 is 1.84. The van der Waals surface area contributed by atoms with E-state index in [-0.39, 0.29) is 19.9 Å². The van der Waals surface area contributed by atoms with Gasteiger partial charge in [0.05, 0.1) is 0 Å². The molecule has 74 valence electrons. The van der Waals surface area contributed by atoms with Crippen molar-refractivity contribution in [1.82, 2.24) is 0 Å². The molecule has 0 radical (unpaired) electrons. The molecule has 1 heterocycles. The van der Waals surface area contributed by atoms with Crippen LogP contribution in [0.4, 0.5) is 0 Å². The van der Waals surface area contributed by atoms with Crippen molar-refractivity contribution in [1.29, 1.82) is 0 Å². The Morgan fingerprint density at radius 2 is 1.46 bits per heavy atom. The Labute approximate surface area is 94.3 Å². The van der Waals surface area contributed by atoms with Crippen molar-refractivity contribution in [3.8, 4) is 0 Å². The zero-order valence-corrected chi connectivity index (χ0v) is 13.4. The molecule has 0 bridgehead atoms. The van der Waals surface area contributed by atoms with Crippen molar-refractivity contribution in [2.45, 2.75) is 52.4 Å². The van der Waals surface area contributed by atoms with Crippen molar-refractivity contribution < 1.29 is 0 Å². The molecule has 13 heavy (non-hydrogen) atoms. The minimum absolute atomic E-state index is 0.144. The summed E-state index contributed by atoms with van der Waals surface area (Å²) in [6.07, 6.45) is 0. The third-order valence-corrected chi connectivity index (χ3v) is 14.5. The molecule has 0 fully saturated rings. The van der Waals surface area contributed by atoms with Crippen LogP contribution in [0.15, 0.2) is 0 Å². The molecule has 0 aliphatic carbocycles.